The minimum absolute atomic E-state index is 0.335. The Balaban J connectivity index is 1.88. The third-order valence-electron chi connectivity index (χ3n) is 3.04. The van der Waals surface area contributed by atoms with E-state index < -0.39 is 0 Å². The average Bonchev–Trinajstić information content (AvgIpc) is 3.24. The Morgan fingerprint density at radius 1 is 1.21 bits per heavy atom. The smallest absolute Gasteiger partial charge is 0.148 e. The Bertz CT molecular complexity index is 582. The van der Waals surface area contributed by atoms with Gasteiger partial charge in [-0.3, -0.25) is 0 Å². The van der Waals surface area contributed by atoms with Crippen LogP contribution < -0.4 is 10.1 Å². The van der Waals surface area contributed by atoms with Crippen molar-refractivity contribution >= 4 is 5.82 Å². The van der Waals surface area contributed by atoms with Crippen molar-refractivity contribution in [2.24, 2.45) is 0 Å². The highest BCUT2D eigenvalue weighted by atomic mass is 19.1. The molecule has 19 heavy (non-hydrogen) atoms. The summed E-state index contributed by atoms with van der Waals surface area (Å²) in [5.74, 6) is 0.992. The Morgan fingerprint density at radius 2 is 2.05 bits per heavy atom. The van der Waals surface area contributed by atoms with Crippen LogP contribution >= 0.6 is 0 Å². The number of nitrogens with zero attached hydrogens (tertiary/aromatic N) is 2. The zero-order valence-corrected chi connectivity index (χ0v) is 10.6. The van der Waals surface area contributed by atoms with Gasteiger partial charge in [-0.1, -0.05) is 0 Å². The Hall–Kier alpha value is -2.17. The van der Waals surface area contributed by atoms with E-state index in [1.807, 2.05) is 6.07 Å². The van der Waals surface area contributed by atoms with Crippen LogP contribution in [-0.2, 0) is 0 Å². The first-order chi connectivity index (χ1) is 9.26. The maximum atomic E-state index is 13.8. The van der Waals surface area contributed by atoms with E-state index >= 15 is 0 Å². The second kappa shape index (κ2) is 4.84. The molecule has 3 rings (SSSR count). The van der Waals surface area contributed by atoms with Crippen LogP contribution in [0.3, 0.4) is 0 Å². The van der Waals surface area contributed by atoms with Gasteiger partial charge in [0.1, 0.15) is 17.4 Å². The first kappa shape index (κ1) is 11.9. The molecule has 0 bridgehead atoms. The largest absolute Gasteiger partial charge is 0.497 e. The van der Waals surface area contributed by atoms with Crippen LogP contribution in [0.1, 0.15) is 12.8 Å². The fourth-order valence-corrected chi connectivity index (χ4v) is 1.82. The van der Waals surface area contributed by atoms with Crippen molar-refractivity contribution in [3.63, 3.8) is 0 Å². The van der Waals surface area contributed by atoms with Gasteiger partial charge in [-0.05, 0) is 43.2 Å². The van der Waals surface area contributed by atoms with Crippen molar-refractivity contribution in [3.8, 4) is 17.0 Å². The standard InChI is InChI=1S/C14H14FN3O/c1-19-10-4-5-12(15)11(8-10)13-6-7-14(18-17-13)16-9-2-3-9/h4-9H,2-3H2,1H3,(H,16,18). The first-order valence-electron chi connectivity index (χ1n) is 6.20. The molecule has 0 spiro atoms. The van der Waals surface area contributed by atoms with Crippen LogP contribution in [0.5, 0.6) is 5.75 Å². The molecule has 0 saturated heterocycles. The van der Waals surface area contributed by atoms with Gasteiger partial charge in [0.2, 0.25) is 0 Å². The molecule has 98 valence electrons. The van der Waals surface area contributed by atoms with E-state index in [4.69, 9.17) is 4.74 Å². The minimum atomic E-state index is -0.335. The highest BCUT2D eigenvalue weighted by molar-refractivity contribution is 5.62. The zero-order valence-electron chi connectivity index (χ0n) is 10.6. The summed E-state index contributed by atoms with van der Waals surface area (Å²) < 4.78 is 18.9. The average molecular weight is 259 g/mol. The highest BCUT2D eigenvalue weighted by Crippen LogP contribution is 2.27. The minimum Gasteiger partial charge on any atom is -0.497 e. The van der Waals surface area contributed by atoms with E-state index in [-0.39, 0.29) is 5.82 Å². The summed E-state index contributed by atoms with van der Waals surface area (Å²) >= 11 is 0. The Morgan fingerprint density at radius 3 is 2.68 bits per heavy atom. The molecule has 2 aromatic rings. The molecular formula is C14H14FN3O. The van der Waals surface area contributed by atoms with Gasteiger partial charge in [-0.2, -0.15) is 0 Å². The number of hydrogen-bond acceptors (Lipinski definition) is 4. The van der Waals surface area contributed by atoms with Gasteiger partial charge in [-0.25, -0.2) is 4.39 Å². The maximum absolute atomic E-state index is 13.8. The molecule has 1 aromatic carbocycles. The van der Waals surface area contributed by atoms with Crippen LogP contribution in [0.25, 0.3) is 11.3 Å². The Labute approximate surface area is 110 Å². The molecule has 1 saturated carbocycles. The summed E-state index contributed by atoms with van der Waals surface area (Å²) in [6.45, 7) is 0. The van der Waals surface area contributed by atoms with E-state index in [1.165, 1.54) is 18.9 Å². The molecular weight excluding hydrogens is 245 g/mol. The predicted octanol–water partition coefficient (Wildman–Crippen LogP) is 2.87. The molecule has 1 fully saturated rings. The lowest BCUT2D eigenvalue weighted by Crippen LogP contribution is -2.04. The molecule has 1 aliphatic rings. The molecule has 1 aliphatic carbocycles. The van der Waals surface area contributed by atoms with Gasteiger partial charge in [0.25, 0.3) is 0 Å². The molecule has 5 heteroatoms. The monoisotopic (exact) mass is 259 g/mol. The molecule has 1 aromatic heterocycles. The van der Waals surface area contributed by atoms with Gasteiger partial charge >= 0.3 is 0 Å². The van der Waals surface area contributed by atoms with Crippen molar-refractivity contribution in [1.82, 2.24) is 10.2 Å². The number of anilines is 1. The second-order valence-electron chi connectivity index (χ2n) is 4.57. The van der Waals surface area contributed by atoms with Crippen molar-refractivity contribution in [2.75, 3.05) is 12.4 Å². The molecule has 0 atom stereocenters. The van der Waals surface area contributed by atoms with Gasteiger partial charge in [0.15, 0.2) is 0 Å². The molecule has 0 unspecified atom stereocenters. The summed E-state index contributed by atoms with van der Waals surface area (Å²) in [7, 11) is 1.55. The van der Waals surface area contributed by atoms with Crippen molar-refractivity contribution < 1.29 is 9.13 Å². The number of methoxy groups -OCH3 is 1. The number of halogens is 1. The van der Waals surface area contributed by atoms with Crippen LogP contribution in [-0.4, -0.2) is 23.3 Å². The lowest BCUT2D eigenvalue weighted by Gasteiger charge is -2.06. The fraction of sp³-hybridized carbons (Fsp3) is 0.286. The summed E-state index contributed by atoms with van der Waals surface area (Å²) in [6, 6.07) is 8.66. The quantitative estimate of drug-likeness (QED) is 0.917. The third kappa shape index (κ3) is 2.65. The number of rotatable bonds is 4. The van der Waals surface area contributed by atoms with E-state index in [0.29, 0.717) is 23.0 Å². The lowest BCUT2D eigenvalue weighted by molar-refractivity contribution is 0.414. The maximum Gasteiger partial charge on any atom is 0.148 e. The molecule has 0 amide bonds. The number of nitrogens with one attached hydrogen (secondary N) is 1. The summed E-state index contributed by atoms with van der Waals surface area (Å²) in [6.07, 6.45) is 2.35. The van der Waals surface area contributed by atoms with Crippen LogP contribution in [0.4, 0.5) is 10.2 Å². The summed E-state index contributed by atoms with van der Waals surface area (Å²) in [5.41, 5.74) is 0.891. The zero-order chi connectivity index (χ0) is 13.2. The molecule has 1 N–H and O–H groups in total. The first-order valence-corrected chi connectivity index (χ1v) is 6.20. The SMILES string of the molecule is COc1ccc(F)c(-c2ccc(NC3CC3)nn2)c1. The summed E-state index contributed by atoms with van der Waals surface area (Å²) in [4.78, 5) is 0. The topological polar surface area (TPSA) is 47.0 Å². The normalized spacial score (nSPS) is 14.2. The van der Waals surface area contributed by atoms with E-state index in [1.54, 1.807) is 25.3 Å². The number of benzene rings is 1. The van der Waals surface area contributed by atoms with Crippen LogP contribution in [0.2, 0.25) is 0 Å². The van der Waals surface area contributed by atoms with Crippen molar-refractivity contribution in [2.45, 2.75) is 18.9 Å². The van der Waals surface area contributed by atoms with Crippen LogP contribution in [0.15, 0.2) is 30.3 Å². The number of ether oxygens (including phenoxy) is 1. The molecule has 4 nitrogen and oxygen atoms in total. The van der Waals surface area contributed by atoms with E-state index in [0.717, 1.165) is 5.82 Å². The number of hydrogen-bond donors (Lipinski definition) is 1. The highest BCUT2D eigenvalue weighted by Gasteiger charge is 2.21. The van der Waals surface area contributed by atoms with Crippen LogP contribution in [0, 0.1) is 5.82 Å². The number of aromatic nitrogens is 2. The molecule has 0 aliphatic heterocycles. The summed E-state index contributed by atoms with van der Waals surface area (Å²) in [5, 5.41) is 11.4. The van der Waals surface area contributed by atoms with E-state index in [2.05, 4.69) is 15.5 Å². The molecule has 1 heterocycles. The van der Waals surface area contributed by atoms with Gasteiger partial charge in [-0.15, -0.1) is 10.2 Å². The lowest BCUT2D eigenvalue weighted by atomic mass is 10.1. The van der Waals surface area contributed by atoms with Gasteiger partial charge in [0.05, 0.1) is 12.8 Å². The van der Waals surface area contributed by atoms with Gasteiger partial charge in [0, 0.05) is 11.6 Å². The van der Waals surface area contributed by atoms with E-state index in [9.17, 15) is 4.39 Å². The predicted molar refractivity (Wildman–Crippen MR) is 70.6 cm³/mol. The fourth-order valence-electron chi connectivity index (χ4n) is 1.82. The van der Waals surface area contributed by atoms with Gasteiger partial charge < -0.3 is 10.1 Å². The molecule has 0 radical (unpaired) electrons. The van der Waals surface area contributed by atoms with Crippen molar-refractivity contribution in [3.05, 3.63) is 36.1 Å². The van der Waals surface area contributed by atoms with Crippen molar-refractivity contribution in [1.29, 1.82) is 0 Å². The second-order valence-corrected chi connectivity index (χ2v) is 4.57. The third-order valence-corrected chi connectivity index (χ3v) is 3.04. The Kier molecular flexibility index (Phi) is 3.03.